The number of rotatable bonds is 8. The summed E-state index contributed by atoms with van der Waals surface area (Å²) >= 11 is 1.48. The van der Waals surface area contributed by atoms with Crippen LogP contribution in [0.15, 0.2) is 48.5 Å². The van der Waals surface area contributed by atoms with Gasteiger partial charge in [-0.25, -0.2) is 9.59 Å². The van der Waals surface area contributed by atoms with Crippen LogP contribution in [-0.2, 0) is 14.3 Å². The molecule has 164 valence electrons. The molecule has 3 unspecified atom stereocenters. The van der Waals surface area contributed by atoms with Gasteiger partial charge in [-0.3, -0.25) is 0 Å². The summed E-state index contributed by atoms with van der Waals surface area (Å²) in [6.07, 6.45) is 1.74. The predicted molar refractivity (Wildman–Crippen MR) is 121 cm³/mol. The number of thioether (sulfide) groups is 1. The first kappa shape index (κ1) is 21.7. The van der Waals surface area contributed by atoms with Gasteiger partial charge in [0.2, 0.25) is 0 Å². The number of ether oxygens (including phenoxy) is 2. The molecule has 0 radical (unpaired) electrons. The average Bonchev–Trinajstić information content (AvgIpc) is 3.32. The van der Waals surface area contributed by atoms with Gasteiger partial charge in [-0.05, 0) is 42.0 Å². The molecule has 0 bridgehead atoms. The Bertz CT molecular complexity index is 904. The minimum absolute atomic E-state index is 0.0580. The van der Waals surface area contributed by atoms with E-state index in [-0.39, 0.29) is 30.5 Å². The highest BCUT2D eigenvalue weighted by molar-refractivity contribution is 7.99. The molecule has 1 fully saturated rings. The molecule has 1 aliphatic carbocycles. The molecular weight excluding hydrogens is 414 g/mol. The first-order valence-electron chi connectivity index (χ1n) is 10.6. The zero-order valence-electron chi connectivity index (χ0n) is 17.5. The molecule has 1 heterocycles. The number of aliphatic carboxylic acids is 1. The van der Waals surface area contributed by atoms with Gasteiger partial charge in [-0.2, -0.15) is 11.8 Å². The topological polar surface area (TPSA) is 84.9 Å². The van der Waals surface area contributed by atoms with E-state index < -0.39 is 18.1 Å². The SMILES string of the molecule is CC1CCC(CSCC(NC(=O)OCC2c3ccccc3-c3ccccc32)C(=O)O)O1. The van der Waals surface area contributed by atoms with Crippen LogP contribution in [0.25, 0.3) is 11.1 Å². The smallest absolute Gasteiger partial charge is 0.407 e. The minimum Gasteiger partial charge on any atom is -0.480 e. The fourth-order valence-electron chi connectivity index (χ4n) is 4.28. The third-order valence-corrected chi connectivity index (χ3v) is 7.02. The Morgan fingerprint density at radius 3 is 2.35 bits per heavy atom. The molecule has 1 saturated heterocycles. The molecule has 31 heavy (non-hydrogen) atoms. The van der Waals surface area contributed by atoms with E-state index in [0.717, 1.165) is 40.8 Å². The van der Waals surface area contributed by atoms with Gasteiger partial charge in [-0.15, -0.1) is 0 Å². The molecule has 3 atom stereocenters. The number of carboxylic acid groups (broad SMARTS) is 1. The molecule has 2 aromatic carbocycles. The summed E-state index contributed by atoms with van der Waals surface area (Å²) in [7, 11) is 0. The van der Waals surface area contributed by atoms with Crippen molar-refractivity contribution >= 4 is 23.8 Å². The zero-order chi connectivity index (χ0) is 21.8. The molecule has 2 aromatic rings. The molecule has 4 rings (SSSR count). The van der Waals surface area contributed by atoms with E-state index in [9.17, 15) is 14.7 Å². The Morgan fingerprint density at radius 1 is 1.13 bits per heavy atom. The van der Waals surface area contributed by atoms with Crippen LogP contribution in [-0.4, -0.2) is 53.5 Å². The molecule has 2 N–H and O–H groups in total. The summed E-state index contributed by atoms with van der Waals surface area (Å²) in [6, 6.07) is 15.2. The van der Waals surface area contributed by atoms with Crippen LogP contribution in [0.5, 0.6) is 0 Å². The lowest BCUT2D eigenvalue weighted by Gasteiger charge is -2.18. The lowest BCUT2D eigenvalue weighted by Crippen LogP contribution is -2.43. The van der Waals surface area contributed by atoms with Crippen molar-refractivity contribution in [3.63, 3.8) is 0 Å². The van der Waals surface area contributed by atoms with E-state index in [1.54, 1.807) is 0 Å². The maximum atomic E-state index is 12.4. The molecule has 0 spiro atoms. The molecule has 1 amide bonds. The van der Waals surface area contributed by atoms with E-state index in [1.165, 1.54) is 11.8 Å². The summed E-state index contributed by atoms with van der Waals surface area (Å²) in [5.74, 6) is -0.132. The minimum atomic E-state index is -1.07. The van der Waals surface area contributed by atoms with Gasteiger partial charge in [0.1, 0.15) is 12.6 Å². The third-order valence-electron chi connectivity index (χ3n) is 5.84. The monoisotopic (exact) mass is 441 g/mol. The maximum absolute atomic E-state index is 12.4. The van der Waals surface area contributed by atoms with Crippen LogP contribution >= 0.6 is 11.8 Å². The van der Waals surface area contributed by atoms with Gasteiger partial charge in [-0.1, -0.05) is 48.5 Å². The highest BCUT2D eigenvalue weighted by atomic mass is 32.2. The second-order valence-electron chi connectivity index (χ2n) is 8.04. The fourth-order valence-corrected chi connectivity index (χ4v) is 5.39. The van der Waals surface area contributed by atoms with Crippen molar-refractivity contribution in [2.45, 2.75) is 43.9 Å². The van der Waals surface area contributed by atoms with Crippen LogP contribution in [0, 0.1) is 0 Å². The number of nitrogens with one attached hydrogen (secondary N) is 1. The van der Waals surface area contributed by atoms with Gasteiger partial charge in [0.15, 0.2) is 0 Å². The maximum Gasteiger partial charge on any atom is 0.407 e. The number of hydrogen-bond donors (Lipinski definition) is 2. The van der Waals surface area contributed by atoms with E-state index in [4.69, 9.17) is 9.47 Å². The first-order valence-corrected chi connectivity index (χ1v) is 11.8. The number of alkyl carbamates (subject to hydrolysis) is 1. The standard InChI is InChI=1S/C24H27NO5S/c1-15-10-11-16(30-15)13-31-14-22(23(26)27)25-24(28)29-12-21-19-8-4-2-6-17(19)18-7-3-5-9-20(18)21/h2-9,15-16,21-22H,10-14H2,1H3,(H,25,28)(H,26,27). The molecule has 6 nitrogen and oxygen atoms in total. The van der Waals surface area contributed by atoms with E-state index >= 15 is 0 Å². The molecular formula is C24H27NO5S. The number of benzene rings is 2. The second-order valence-corrected chi connectivity index (χ2v) is 9.12. The summed E-state index contributed by atoms with van der Waals surface area (Å²) in [4.78, 5) is 24.0. The van der Waals surface area contributed by atoms with Gasteiger partial charge >= 0.3 is 12.1 Å². The molecule has 2 aliphatic rings. The fraction of sp³-hybridized carbons (Fsp3) is 0.417. The van der Waals surface area contributed by atoms with Gasteiger partial charge < -0.3 is 19.9 Å². The van der Waals surface area contributed by atoms with E-state index in [0.29, 0.717) is 0 Å². The normalized spacial score (nSPS) is 20.7. The van der Waals surface area contributed by atoms with Crippen molar-refractivity contribution < 1.29 is 24.2 Å². The second kappa shape index (κ2) is 9.75. The lowest BCUT2D eigenvalue weighted by molar-refractivity contribution is -0.138. The van der Waals surface area contributed by atoms with Gasteiger partial charge in [0.05, 0.1) is 12.2 Å². The van der Waals surface area contributed by atoms with Crippen LogP contribution in [0.1, 0.15) is 36.8 Å². The quantitative estimate of drug-likeness (QED) is 0.636. The van der Waals surface area contributed by atoms with Crippen molar-refractivity contribution in [2.75, 3.05) is 18.1 Å². The summed E-state index contributed by atoms with van der Waals surface area (Å²) in [5, 5.41) is 12.0. The number of fused-ring (bicyclic) bond motifs is 3. The van der Waals surface area contributed by atoms with Gasteiger partial charge in [0.25, 0.3) is 0 Å². The summed E-state index contributed by atoms with van der Waals surface area (Å²) in [5.41, 5.74) is 4.53. The molecule has 0 aromatic heterocycles. The Morgan fingerprint density at radius 2 is 1.77 bits per heavy atom. The largest absolute Gasteiger partial charge is 0.480 e. The van der Waals surface area contributed by atoms with Crippen molar-refractivity contribution in [1.82, 2.24) is 5.32 Å². The summed E-state index contributed by atoms with van der Waals surface area (Å²) in [6.45, 7) is 2.20. The highest BCUT2D eigenvalue weighted by Gasteiger charge is 2.30. The molecule has 7 heteroatoms. The Balaban J connectivity index is 1.31. The number of amides is 1. The molecule has 0 saturated carbocycles. The van der Waals surface area contributed by atoms with E-state index in [1.807, 2.05) is 43.3 Å². The zero-order valence-corrected chi connectivity index (χ0v) is 18.3. The van der Waals surface area contributed by atoms with E-state index in [2.05, 4.69) is 17.4 Å². The third kappa shape index (κ3) is 5.05. The average molecular weight is 442 g/mol. The number of hydrogen-bond acceptors (Lipinski definition) is 5. The number of carbonyl (C=O) groups excluding carboxylic acids is 1. The van der Waals surface area contributed by atoms with Crippen molar-refractivity contribution in [3.05, 3.63) is 59.7 Å². The van der Waals surface area contributed by atoms with Crippen molar-refractivity contribution in [2.24, 2.45) is 0 Å². The Labute approximate surface area is 186 Å². The van der Waals surface area contributed by atoms with Crippen molar-refractivity contribution in [3.8, 4) is 11.1 Å². The first-order chi connectivity index (χ1) is 15.0. The Hall–Kier alpha value is -2.51. The summed E-state index contributed by atoms with van der Waals surface area (Å²) < 4.78 is 11.2. The highest BCUT2D eigenvalue weighted by Crippen LogP contribution is 2.44. The van der Waals surface area contributed by atoms with Crippen LogP contribution in [0.2, 0.25) is 0 Å². The number of carbonyl (C=O) groups is 2. The predicted octanol–water partition coefficient (Wildman–Crippen LogP) is 4.28. The number of carboxylic acids is 1. The Kier molecular flexibility index (Phi) is 6.83. The van der Waals surface area contributed by atoms with Gasteiger partial charge in [0, 0.05) is 17.4 Å². The van der Waals surface area contributed by atoms with Crippen LogP contribution in [0.4, 0.5) is 4.79 Å². The lowest BCUT2D eigenvalue weighted by atomic mass is 9.98. The van der Waals surface area contributed by atoms with Crippen LogP contribution < -0.4 is 5.32 Å². The molecule has 1 aliphatic heterocycles. The van der Waals surface area contributed by atoms with Crippen molar-refractivity contribution in [1.29, 1.82) is 0 Å². The van der Waals surface area contributed by atoms with Crippen LogP contribution in [0.3, 0.4) is 0 Å².